The maximum Gasteiger partial charge on any atom is 0.00953 e. The Balaban J connectivity index is 1.78. The topological polar surface area (TPSA) is 12.0 Å². The lowest BCUT2D eigenvalue weighted by Gasteiger charge is -2.36. The first-order valence-corrected chi connectivity index (χ1v) is 4.70. The zero-order chi connectivity index (χ0) is 6.81. The summed E-state index contributed by atoms with van der Waals surface area (Å²) in [5.41, 5.74) is 0. The lowest BCUT2D eigenvalue weighted by atomic mass is 9.77. The van der Waals surface area contributed by atoms with Gasteiger partial charge in [-0.2, -0.15) is 0 Å². The van der Waals surface area contributed by atoms with Gasteiger partial charge in [0, 0.05) is 6.04 Å². The summed E-state index contributed by atoms with van der Waals surface area (Å²) in [6.07, 6.45) is 8.81. The van der Waals surface area contributed by atoms with Crippen LogP contribution in [0.4, 0.5) is 0 Å². The average molecular weight is 139 g/mol. The van der Waals surface area contributed by atoms with E-state index in [2.05, 4.69) is 5.32 Å². The molecular formula is C9H17N. The Hall–Kier alpha value is -0.0400. The van der Waals surface area contributed by atoms with Crippen molar-refractivity contribution in [2.75, 3.05) is 6.54 Å². The van der Waals surface area contributed by atoms with Gasteiger partial charge in [0.1, 0.15) is 0 Å². The highest BCUT2D eigenvalue weighted by Gasteiger charge is 2.27. The molecule has 1 atom stereocenters. The van der Waals surface area contributed by atoms with E-state index in [0.717, 1.165) is 12.0 Å². The van der Waals surface area contributed by atoms with Gasteiger partial charge in [0.2, 0.25) is 0 Å². The first kappa shape index (κ1) is 6.66. The van der Waals surface area contributed by atoms with Gasteiger partial charge in [0.05, 0.1) is 0 Å². The number of hydrogen-bond acceptors (Lipinski definition) is 1. The minimum atomic E-state index is 0.905. The molecule has 0 aromatic carbocycles. The molecule has 0 amide bonds. The number of hydrogen-bond donors (Lipinski definition) is 1. The molecule has 2 aliphatic rings. The average Bonchev–Trinajstić information content (AvgIpc) is 1.86. The highest BCUT2D eigenvalue weighted by atomic mass is 14.9. The SMILES string of the molecule is C1CC[C@H](C2CCC2)NC1. The summed E-state index contributed by atoms with van der Waals surface area (Å²) in [5, 5.41) is 3.62. The van der Waals surface area contributed by atoms with E-state index in [4.69, 9.17) is 0 Å². The van der Waals surface area contributed by atoms with Crippen molar-refractivity contribution >= 4 is 0 Å². The highest BCUT2D eigenvalue weighted by molar-refractivity contribution is 4.84. The highest BCUT2D eigenvalue weighted by Crippen LogP contribution is 2.32. The van der Waals surface area contributed by atoms with Gasteiger partial charge in [-0.05, 0) is 38.1 Å². The second-order valence-electron chi connectivity index (χ2n) is 3.75. The zero-order valence-corrected chi connectivity index (χ0v) is 6.60. The van der Waals surface area contributed by atoms with E-state index < -0.39 is 0 Å². The van der Waals surface area contributed by atoms with Crippen LogP contribution in [0.25, 0.3) is 0 Å². The zero-order valence-electron chi connectivity index (χ0n) is 6.60. The Kier molecular flexibility index (Phi) is 1.94. The standard InChI is InChI=1S/C9H17N/c1-2-7-10-9(6-1)8-4-3-5-8/h8-10H,1-7H2/t9-/m1/s1. The molecule has 1 saturated carbocycles. The monoisotopic (exact) mass is 139 g/mol. The Labute approximate surface area is 63.2 Å². The predicted molar refractivity (Wildman–Crippen MR) is 43.0 cm³/mol. The summed E-state index contributed by atoms with van der Waals surface area (Å²) in [6.45, 7) is 1.28. The van der Waals surface area contributed by atoms with Crippen molar-refractivity contribution in [2.24, 2.45) is 5.92 Å². The predicted octanol–water partition coefficient (Wildman–Crippen LogP) is 1.93. The molecule has 1 N–H and O–H groups in total. The van der Waals surface area contributed by atoms with E-state index in [-0.39, 0.29) is 0 Å². The summed E-state index contributed by atoms with van der Waals surface area (Å²) < 4.78 is 0. The molecule has 1 nitrogen and oxygen atoms in total. The first-order chi connectivity index (χ1) is 4.97. The third-order valence-electron chi connectivity index (χ3n) is 3.07. The van der Waals surface area contributed by atoms with Gasteiger partial charge in [-0.3, -0.25) is 0 Å². The fraction of sp³-hybridized carbons (Fsp3) is 1.00. The fourth-order valence-electron chi connectivity index (χ4n) is 2.12. The molecule has 1 aliphatic heterocycles. The van der Waals surface area contributed by atoms with Gasteiger partial charge in [-0.15, -0.1) is 0 Å². The molecule has 10 heavy (non-hydrogen) atoms. The van der Waals surface area contributed by atoms with Crippen LogP contribution in [-0.2, 0) is 0 Å². The van der Waals surface area contributed by atoms with Gasteiger partial charge in [-0.25, -0.2) is 0 Å². The van der Waals surface area contributed by atoms with E-state index in [0.29, 0.717) is 0 Å². The van der Waals surface area contributed by atoms with Crippen LogP contribution >= 0.6 is 0 Å². The lowest BCUT2D eigenvalue weighted by Crippen LogP contribution is -2.42. The third-order valence-corrected chi connectivity index (χ3v) is 3.07. The second kappa shape index (κ2) is 2.91. The Morgan fingerprint density at radius 2 is 1.80 bits per heavy atom. The lowest BCUT2D eigenvalue weighted by molar-refractivity contribution is 0.200. The molecule has 0 bridgehead atoms. The van der Waals surface area contributed by atoms with Crippen molar-refractivity contribution in [3.8, 4) is 0 Å². The van der Waals surface area contributed by atoms with Gasteiger partial charge in [0.25, 0.3) is 0 Å². The van der Waals surface area contributed by atoms with Crippen LogP contribution in [0.5, 0.6) is 0 Å². The second-order valence-corrected chi connectivity index (χ2v) is 3.75. The third kappa shape index (κ3) is 1.20. The minimum absolute atomic E-state index is 0.905. The molecular weight excluding hydrogens is 122 g/mol. The molecule has 1 heteroatoms. The molecule has 0 spiro atoms. The van der Waals surface area contributed by atoms with Crippen molar-refractivity contribution in [1.29, 1.82) is 0 Å². The van der Waals surface area contributed by atoms with Crippen molar-refractivity contribution in [3.05, 3.63) is 0 Å². The van der Waals surface area contributed by atoms with E-state index in [1.165, 1.54) is 45.1 Å². The molecule has 1 saturated heterocycles. The largest absolute Gasteiger partial charge is 0.314 e. The summed E-state index contributed by atoms with van der Waals surface area (Å²) >= 11 is 0. The van der Waals surface area contributed by atoms with Crippen LogP contribution in [0.2, 0.25) is 0 Å². The van der Waals surface area contributed by atoms with Crippen LogP contribution in [-0.4, -0.2) is 12.6 Å². The van der Waals surface area contributed by atoms with Crippen molar-refractivity contribution < 1.29 is 0 Å². The molecule has 2 fully saturated rings. The normalized spacial score (nSPS) is 35.4. The maximum absolute atomic E-state index is 3.62. The summed E-state index contributed by atoms with van der Waals surface area (Å²) in [6, 6.07) is 0.905. The molecule has 1 aliphatic carbocycles. The number of piperidine rings is 1. The first-order valence-electron chi connectivity index (χ1n) is 4.70. The van der Waals surface area contributed by atoms with E-state index in [9.17, 15) is 0 Å². The van der Waals surface area contributed by atoms with Crippen molar-refractivity contribution in [3.63, 3.8) is 0 Å². The van der Waals surface area contributed by atoms with Crippen LogP contribution < -0.4 is 5.32 Å². The smallest absolute Gasteiger partial charge is 0.00953 e. The van der Waals surface area contributed by atoms with E-state index >= 15 is 0 Å². The van der Waals surface area contributed by atoms with Crippen molar-refractivity contribution in [1.82, 2.24) is 5.32 Å². The molecule has 1 heterocycles. The van der Waals surface area contributed by atoms with Gasteiger partial charge in [-0.1, -0.05) is 12.8 Å². The maximum atomic E-state index is 3.62. The molecule has 0 aromatic rings. The molecule has 2 rings (SSSR count). The van der Waals surface area contributed by atoms with Crippen LogP contribution in [0, 0.1) is 5.92 Å². The van der Waals surface area contributed by atoms with E-state index in [1.807, 2.05) is 0 Å². The molecule has 0 radical (unpaired) electrons. The van der Waals surface area contributed by atoms with Crippen LogP contribution in [0.3, 0.4) is 0 Å². The quantitative estimate of drug-likeness (QED) is 0.585. The van der Waals surface area contributed by atoms with Crippen molar-refractivity contribution in [2.45, 2.75) is 44.6 Å². The summed E-state index contributed by atoms with van der Waals surface area (Å²) in [4.78, 5) is 0. The minimum Gasteiger partial charge on any atom is -0.314 e. The summed E-state index contributed by atoms with van der Waals surface area (Å²) in [7, 11) is 0. The van der Waals surface area contributed by atoms with Crippen LogP contribution in [0.15, 0.2) is 0 Å². The van der Waals surface area contributed by atoms with Gasteiger partial charge >= 0.3 is 0 Å². The Morgan fingerprint density at radius 3 is 2.30 bits per heavy atom. The molecule has 0 aromatic heterocycles. The van der Waals surface area contributed by atoms with Gasteiger partial charge in [0.15, 0.2) is 0 Å². The number of nitrogens with one attached hydrogen (secondary N) is 1. The Bertz CT molecular complexity index is 101. The molecule has 0 unspecified atom stereocenters. The fourth-order valence-corrected chi connectivity index (χ4v) is 2.12. The number of rotatable bonds is 1. The van der Waals surface area contributed by atoms with Gasteiger partial charge < -0.3 is 5.32 Å². The van der Waals surface area contributed by atoms with Crippen LogP contribution in [0.1, 0.15) is 38.5 Å². The molecule has 58 valence electrons. The summed E-state index contributed by atoms with van der Waals surface area (Å²) in [5.74, 6) is 1.06. The Morgan fingerprint density at radius 1 is 0.900 bits per heavy atom. The van der Waals surface area contributed by atoms with E-state index in [1.54, 1.807) is 0 Å².